The van der Waals surface area contributed by atoms with Gasteiger partial charge >= 0.3 is 6.03 Å². The number of urea groups is 1. The number of benzene rings is 1. The summed E-state index contributed by atoms with van der Waals surface area (Å²) in [5.41, 5.74) is 0.901. The summed E-state index contributed by atoms with van der Waals surface area (Å²) in [6.45, 7) is 0. The molecule has 2 aromatic rings. The standard InChI is InChI=1S/C16H12N2O4S/c1-22-13-5-3-2-4-12(13)18-15(20)11(14(19)17-16(18)21)8-10-6-7-23-9-10/h2-9H,1H3,(H,17,19,21)/b11-8+. The van der Waals surface area contributed by atoms with Crippen LogP contribution in [0.5, 0.6) is 5.75 Å². The molecule has 0 spiro atoms. The number of nitrogens with one attached hydrogen (secondary N) is 1. The van der Waals surface area contributed by atoms with Gasteiger partial charge in [-0.15, -0.1) is 0 Å². The molecular formula is C16H12N2O4S. The number of para-hydroxylation sites is 2. The first kappa shape index (κ1) is 15.0. The first-order valence-electron chi connectivity index (χ1n) is 6.68. The van der Waals surface area contributed by atoms with Crippen LogP contribution in [0.4, 0.5) is 10.5 Å². The highest BCUT2D eigenvalue weighted by atomic mass is 32.1. The number of carbonyl (C=O) groups excluding carboxylic acids is 3. The molecule has 1 aromatic carbocycles. The van der Waals surface area contributed by atoms with Crippen LogP contribution in [0.3, 0.4) is 0 Å². The summed E-state index contributed by atoms with van der Waals surface area (Å²) < 4.78 is 5.19. The number of hydrogen-bond donors (Lipinski definition) is 1. The fraction of sp³-hybridized carbons (Fsp3) is 0.0625. The molecule has 0 saturated carbocycles. The number of barbiturate groups is 1. The molecule has 0 radical (unpaired) electrons. The normalized spacial score (nSPS) is 16.7. The van der Waals surface area contributed by atoms with E-state index in [1.807, 2.05) is 5.38 Å². The van der Waals surface area contributed by atoms with Gasteiger partial charge in [0.25, 0.3) is 11.8 Å². The highest BCUT2D eigenvalue weighted by molar-refractivity contribution is 7.08. The summed E-state index contributed by atoms with van der Waals surface area (Å²) in [6, 6.07) is 7.59. The predicted molar refractivity (Wildman–Crippen MR) is 86.3 cm³/mol. The number of hydrogen-bond acceptors (Lipinski definition) is 5. The van der Waals surface area contributed by atoms with E-state index >= 15 is 0 Å². The second-order valence-electron chi connectivity index (χ2n) is 4.69. The van der Waals surface area contributed by atoms with Crippen molar-refractivity contribution in [2.24, 2.45) is 0 Å². The van der Waals surface area contributed by atoms with Crippen molar-refractivity contribution in [3.05, 3.63) is 52.2 Å². The smallest absolute Gasteiger partial charge is 0.336 e. The number of methoxy groups -OCH3 is 1. The minimum atomic E-state index is -0.799. The summed E-state index contributed by atoms with van der Waals surface area (Å²) in [5, 5.41) is 5.82. The summed E-state index contributed by atoms with van der Waals surface area (Å²) in [4.78, 5) is 37.7. The highest BCUT2D eigenvalue weighted by Gasteiger charge is 2.37. The van der Waals surface area contributed by atoms with E-state index in [0.717, 1.165) is 10.5 Å². The molecule has 116 valence electrons. The zero-order valence-corrected chi connectivity index (χ0v) is 12.9. The Hall–Kier alpha value is -2.93. The van der Waals surface area contributed by atoms with Gasteiger partial charge in [-0.3, -0.25) is 14.9 Å². The second-order valence-corrected chi connectivity index (χ2v) is 5.47. The molecule has 0 aliphatic carbocycles. The summed E-state index contributed by atoms with van der Waals surface area (Å²) >= 11 is 1.45. The zero-order valence-electron chi connectivity index (χ0n) is 12.1. The molecule has 3 rings (SSSR count). The Kier molecular flexibility index (Phi) is 3.94. The molecule has 1 N–H and O–H groups in total. The quantitative estimate of drug-likeness (QED) is 0.693. The van der Waals surface area contributed by atoms with Gasteiger partial charge in [-0.25, -0.2) is 9.69 Å². The number of anilines is 1. The average molecular weight is 328 g/mol. The molecule has 1 saturated heterocycles. The SMILES string of the molecule is COc1ccccc1N1C(=O)NC(=O)/C(=C\c2ccsc2)C1=O. The molecular weight excluding hydrogens is 316 g/mol. The van der Waals surface area contributed by atoms with Gasteiger partial charge in [-0.2, -0.15) is 11.3 Å². The number of imide groups is 2. The predicted octanol–water partition coefficient (Wildman–Crippen LogP) is 2.42. The van der Waals surface area contributed by atoms with Crippen molar-refractivity contribution in [3.63, 3.8) is 0 Å². The Morgan fingerprint density at radius 3 is 2.65 bits per heavy atom. The van der Waals surface area contributed by atoms with Gasteiger partial charge in [0.15, 0.2) is 0 Å². The van der Waals surface area contributed by atoms with Crippen LogP contribution in [-0.4, -0.2) is 25.0 Å². The van der Waals surface area contributed by atoms with E-state index < -0.39 is 17.8 Å². The van der Waals surface area contributed by atoms with Crippen molar-refractivity contribution in [1.29, 1.82) is 0 Å². The summed E-state index contributed by atoms with van der Waals surface area (Å²) in [6.07, 6.45) is 1.46. The number of thiophene rings is 1. The van der Waals surface area contributed by atoms with Gasteiger partial charge in [0.2, 0.25) is 0 Å². The average Bonchev–Trinajstić information content (AvgIpc) is 3.05. The second kappa shape index (κ2) is 6.05. The van der Waals surface area contributed by atoms with Crippen LogP contribution in [0.1, 0.15) is 5.56 Å². The van der Waals surface area contributed by atoms with E-state index in [0.29, 0.717) is 5.75 Å². The third kappa shape index (κ3) is 2.74. The number of nitrogens with zero attached hydrogens (tertiary/aromatic N) is 1. The van der Waals surface area contributed by atoms with Crippen molar-refractivity contribution in [2.75, 3.05) is 12.0 Å². The Bertz CT molecular complexity index is 811. The molecule has 1 aromatic heterocycles. The van der Waals surface area contributed by atoms with Crippen LogP contribution < -0.4 is 15.0 Å². The highest BCUT2D eigenvalue weighted by Crippen LogP contribution is 2.30. The third-order valence-corrected chi connectivity index (χ3v) is 3.98. The fourth-order valence-electron chi connectivity index (χ4n) is 2.21. The zero-order chi connectivity index (χ0) is 16.4. The lowest BCUT2D eigenvalue weighted by atomic mass is 10.1. The van der Waals surface area contributed by atoms with Crippen LogP contribution in [-0.2, 0) is 9.59 Å². The molecule has 0 bridgehead atoms. The summed E-state index contributed by atoms with van der Waals surface area (Å²) in [7, 11) is 1.44. The summed E-state index contributed by atoms with van der Waals surface area (Å²) in [5.74, 6) is -1.04. The van der Waals surface area contributed by atoms with Crippen LogP contribution in [0, 0.1) is 0 Å². The van der Waals surface area contributed by atoms with Crippen LogP contribution in [0.25, 0.3) is 6.08 Å². The molecule has 2 heterocycles. The maximum Gasteiger partial charge on any atom is 0.336 e. The number of amides is 4. The van der Waals surface area contributed by atoms with Crippen molar-refractivity contribution in [3.8, 4) is 5.75 Å². The fourth-order valence-corrected chi connectivity index (χ4v) is 2.83. The molecule has 23 heavy (non-hydrogen) atoms. The van der Waals surface area contributed by atoms with Gasteiger partial charge in [0, 0.05) is 0 Å². The first-order chi connectivity index (χ1) is 11.1. The van der Waals surface area contributed by atoms with E-state index in [1.54, 1.807) is 35.7 Å². The Morgan fingerprint density at radius 2 is 1.96 bits per heavy atom. The molecule has 4 amide bonds. The van der Waals surface area contributed by atoms with Crippen LogP contribution >= 0.6 is 11.3 Å². The minimum Gasteiger partial charge on any atom is -0.495 e. The van der Waals surface area contributed by atoms with Gasteiger partial charge in [0.05, 0.1) is 12.8 Å². The lowest BCUT2D eigenvalue weighted by Gasteiger charge is -2.27. The molecule has 7 heteroatoms. The lowest BCUT2D eigenvalue weighted by Crippen LogP contribution is -2.54. The molecule has 6 nitrogen and oxygen atoms in total. The van der Waals surface area contributed by atoms with Gasteiger partial charge in [0.1, 0.15) is 11.3 Å². The number of carbonyl (C=O) groups is 3. The van der Waals surface area contributed by atoms with E-state index in [-0.39, 0.29) is 11.3 Å². The minimum absolute atomic E-state index is 0.103. The van der Waals surface area contributed by atoms with Gasteiger partial charge < -0.3 is 4.74 Å². The Morgan fingerprint density at radius 1 is 1.17 bits per heavy atom. The maximum atomic E-state index is 12.7. The largest absolute Gasteiger partial charge is 0.495 e. The molecule has 1 aliphatic rings. The maximum absolute atomic E-state index is 12.7. The lowest BCUT2D eigenvalue weighted by molar-refractivity contribution is -0.122. The van der Waals surface area contributed by atoms with Gasteiger partial charge in [-0.05, 0) is 40.6 Å². The Labute approximate surface area is 136 Å². The molecule has 0 atom stereocenters. The molecule has 1 aliphatic heterocycles. The van der Waals surface area contributed by atoms with Crippen molar-refractivity contribution in [1.82, 2.24) is 5.32 Å². The molecule has 1 fully saturated rings. The van der Waals surface area contributed by atoms with Crippen molar-refractivity contribution in [2.45, 2.75) is 0 Å². The third-order valence-electron chi connectivity index (χ3n) is 3.28. The van der Waals surface area contributed by atoms with Gasteiger partial charge in [-0.1, -0.05) is 12.1 Å². The van der Waals surface area contributed by atoms with Crippen LogP contribution in [0.2, 0.25) is 0 Å². The first-order valence-corrected chi connectivity index (χ1v) is 7.63. The van der Waals surface area contributed by atoms with Crippen LogP contribution in [0.15, 0.2) is 46.7 Å². The van der Waals surface area contributed by atoms with Crippen molar-refractivity contribution < 1.29 is 19.1 Å². The van der Waals surface area contributed by atoms with E-state index in [1.165, 1.54) is 24.5 Å². The van der Waals surface area contributed by atoms with E-state index in [2.05, 4.69) is 5.32 Å². The topological polar surface area (TPSA) is 75.7 Å². The number of rotatable bonds is 3. The molecule has 0 unspecified atom stereocenters. The number of ether oxygens (including phenoxy) is 1. The monoisotopic (exact) mass is 328 g/mol. The van der Waals surface area contributed by atoms with E-state index in [4.69, 9.17) is 4.74 Å². The van der Waals surface area contributed by atoms with E-state index in [9.17, 15) is 14.4 Å². The van der Waals surface area contributed by atoms with Crippen molar-refractivity contribution >= 4 is 40.9 Å². The Balaban J connectivity index is 2.05.